The van der Waals surface area contributed by atoms with Gasteiger partial charge in [-0.25, -0.2) is 8.42 Å². The average molecular weight is 373 g/mol. The van der Waals surface area contributed by atoms with Crippen molar-refractivity contribution in [2.24, 2.45) is 5.73 Å². The molecule has 1 heterocycles. The van der Waals surface area contributed by atoms with Crippen molar-refractivity contribution in [3.63, 3.8) is 0 Å². The molecule has 3 N–H and O–H groups in total. The van der Waals surface area contributed by atoms with Crippen LogP contribution in [0.3, 0.4) is 0 Å². The van der Waals surface area contributed by atoms with Crippen LogP contribution in [0.4, 0.5) is 11.4 Å². The van der Waals surface area contributed by atoms with E-state index < -0.39 is 15.9 Å². The van der Waals surface area contributed by atoms with Crippen LogP contribution in [0.15, 0.2) is 47.4 Å². The fourth-order valence-electron chi connectivity index (χ4n) is 2.94. The topological polar surface area (TPSA) is 110 Å². The number of nitrogens with one attached hydrogen (secondary N) is 1. The second kappa shape index (κ2) is 6.80. The summed E-state index contributed by atoms with van der Waals surface area (Å²) in [6, 6.07) is 10.8. The molecule has 2 aromatic rings. The SMILES string of the molecule is Cc1c(NS(=O)(=O)c2ccc(N3CCCC3=O)cc2)cccc1C(N)=O. The molecule has 0 saturated carbocycles. The van der Waals surface area contributed by atoms with E-state index >= 15 is 0 Å². The summed E-state index contributed by atoms with van der Waals surface area (Å²) in [4.78, 5) is 24.9. The number of anilines is 2. The van der Waals surface area contributed by atoms with Crippen LogP contribution in [0.25, 0.3) is 0 Å². The third-order valence-electron chi connectivity index (χ3n) is 4.38. The molecule has 0 unspecified atom stereocenters. The van der Waals surface area contributed by atoms with Gasteiger partial charge in [0.15, 0.2) is 0 Å². The first kappa shape index (κ1) is 17.9. The predicted octanol–water partition coefficient (Wildman–Crippen LogP) is 2.02. The molecule has 0 aliphatic carbocycles. The Morgan fingerprint density at radius 2 is 1.85 bits per heavy atom. The van der Waals surface area contributed by atoms with Crippen LogP contribution in [0.5, 0.6) is 0 Å². The van der Waals surface area contributed by atoms with E-state index in [-0.39, 0.29) is 16.4 Å². The zero-order chi connectivity index (χ0) is 18.9. The van der Waals surface area contributed by atoms with Crippen molar-refractivity contribution in [1.82, 2.24) is 0 Å². The minimum atomic E-state index is -3.84. The highest BCUT2D eigenvalue weighted by Gasteiger charge is 2.23. The zero-order valence-corrected chi connectivity index (χ0v) is 15.0. The van der Waals surface area contributed by atoms with Crippen molar-refractivity contribution in [3.8, 4) is 0 Å². The summed E-state index contributed by atoms with van der Waals surface area (Å²) in [5.74, 6) is -0.583. The molecule has 0 aromatic heterocycles. The van der Waals surface area contributed by atoms with Crippen molar-refractivity contribution < 1.29 is 18.0 Å². The molecule has 0 radical (unpaired) electrons. The van der Waals surface area contributed by atoms with Gasteiger partial charge in [0.1, 0.15) is 0 Å². The van der Waals surface area contributed by atoms with Gasteiger partial charge in [0.2, 0.25) is 11.8 Å². The lowest BCUT2D eigenvalue weighted by Crippen LogP contribution is -2.23. The molecule has 136 valence electrons. The maximum absolute atomic E-state index is 12.6. The second-order valence-electron chi connectivity index (χ2n) is 6.09. The number of carbonyl (C=O) groups is 2. The maximum atomic E-state index is 12.6. The lowest BCUT2D eigenvalue weighted by Gasteiger charge is -2.16. The molecular formula is C18H19N3O4S. The second-order valence-corrected chi connectivity index (χ2v) is 7.77. The first-order valence-electron chi connectivity index (χ1n) is 8.12. The fourth-order valence-corrected chi connectivity index (χ4v) is 4.07. The standard InChI is InChI=1S/C18H19N3O4S/c1-12-15(18(19)23)4-2-5-16(12)20-26(24,25)14-9-7-13(8-10-14)21-11-3-6-17(21)22/h2,4-5,7-10,20H,3,6,11H2,1H3,(H2,19,23). The monoisotopic (exact) mass is 373 g/mol. The Morgan fingerprint density at radius 1 is 1.15 bits per heavy atom. The predicted molar refractivity (Wildman–Crippen MR) is 98.5 cm³/mol. The first-order valence-corrected chi connectivity index (χ1v) is 9.60. The van der Waals surface area contributed by atoms with Gasteiger partial charge in [0, 0.05) is 24.2 Å². The normalized spacial score (nSPS) is 14.5. The Morgan fingerprint density at radius 3 is 2.42 bits per heavy atom. The number of hydrogen-bond acceptors (Lipinski definition) is 4. The number of amides is 2. The number of nitrogens with zero attached hydrogens (tertiary/aromatic N) is 1. The van der Waals surface area contributed by atoms with Crippen LogP contribution in [-0.2, 0) is 14.8 Å². The smallest absolute Gasteiger partial charge is 0.261 e. The van der Waals surface area contributed by atoms with Crippen molar-refractivity contribution in [3.05, 3.63) is 53.6 Å². The number of benzene rings is 2. The third-order valence-corrected chi connectivity index (χ3v) is 5.76. The van der Waals surface area contributed by atoms with E-state index in [1.807, 2.05) is 0 Å². The minimum Gasteiger partial charge on any atom is -0.366 e. The Bertz CT molecular complexity index is 968. The molecule has 1 saturated heterocycles. The summed E-state index contributed by atoms with van der Waals surface area (Å²) < 4.78 is 27.7. The number of nitrogens with two attached hydrogens (primary N) is 1. The molecule has 2 aromatic carbocycles. The number of primary amides is 1. The maximum Gasteiger partial charge on any atom is 0.261 e. The molecule has 2 amide bonds. The van der Waals surface area contributed by atoms with Gasteiger partial charge in [0.05, 0.1) is 10.6 Å². The van der Waals surface area contributed by atoms with Gasteiger partial charge in [-0.3, -0.25) is 14.3 Å². The molecule has 3 rings (SSSR count). The highest BCUT2D eigenvalue weighted by Crippen LogP contribution is 2.25. The summed E-state index contributed by atoms with van der Waals surface area (Å²) in [7, 11) is -3.84. The van der Waals surface area contributed by atoms with Gasteiger partial charge in [-0.2, -0.15) is 0 Å². The fraction of sp³-hybridized carbons (Fsp3) is 0.222. The minimum absolute atomic E-state index is 0.0395. The quantitative estimate of drug-likeness (QED) is 0.835. The molecule has 0 atom stereocenters. The van der Waals surface area contributed by atoms with Crippen molar-refractivity contribution in [2.45, 2.75) is 24.7 Å². The van der Waals surface area contributed by atoms with Gasteiger partial charge < -0.3 is 10.6 Å². The van der Waals surface area contributed by atoms with E-state index in [1.165, 1.54) is 18.2 Å². The van der Waals surface area contributed by atoms with E-state index in [2.05, 4.69) is 4.72 Å². The van der Waals surface area contributed by atoms with Gasteiger partial charge in [-0.05, 0) is 55.3 Å². The largest absolute Gasteiger partial charge is 0.366 e. The molecule has 0 spiro atoms. The molecule has 1 fully saturated rings. The molecule has 26 heavy (non-hydrogen) atoms. The van der Waals surface area contributed by atoms with Gasteiger partial charge >= 0.3 is 0 Å². The van der Waals surface area contributed by atoms with E-state index in [0.717, 1.165) is 6.42 Å². The average Bonchev–Trinajstić information content (AvgIpc) is 3.02. The summed E-state index contributed by atoms with van der Waals surface area (Å²) in [6.07, 6.45) is 1.31. The van der Waals surface area contributed by atoms with Crippen LogP contribution < -0.4 is 15.4 Å². The lowest BCUT2D eigenvalue weighted by molar-refractivity contribution is -0.117. The molecule has 1 aliphatic heterocycles. The number of rotatable bonds is 5. The van der Waals surface area contributed by atoms with Crippen molar-refractivity contribution >= 4 is 33.2 Å². The Hall–Kier alpha value is -2.87. The van der Waals surface area contributed by atoms with E-state index in [9.17, 15) is 18.0 Å². The highest BCUT2D eigenvalue weighted by molar-refractivity contribution is 7.92. The van der Waals surface area contributed by atoms with Crippen LogP contribution >= 0.6 is 0 Å². The third kappa shape index (κ3) is 3.41. The van der Waals surface area contributed by atoms with Crippen LogP contribution in [0, 0.1) is 6.92 Å². The number of carbonyl (C=O) groups excluding carboxylic acids is 2. The molecule has 7 nitrogen and oxygen atoms in total. The van der Waals surface area contributed by atoms with E-state index in [1.54, 1.807) is 36.1 Å². The van der Waals surface area contributed by atoms with Crippen LogP contribution in [-0.4, -0.2) is 26.8 Å². The highest BCUT2D eigenvalue weighted by atomic mass is 32.2. The van der Waals surface area contributed by atoms with E-state index in [4.69, 9.17) is 5.73 Å². The van der Waals surface area contributed by atoms with Crippen LogP contribution in [0.1, 0.15) is 28.8 Å². The van der Waals surface area contributed by atoms with Crippen molar-refractivity contribution in [2.75, 3.05) is 16.2 Å². The summed E-state index contributed by atoms with van der Waals surface area (Å²) in [6.45, 7) is 2.27. The van der Waals surface area contributed by atoms with Gasteiger partial charge in [0.25, 0.3) is 10.0 Å². The number of hydrogen-bond donors (Lipinski definition) is 2. The molecule has 8 heteroatoms. The summed E-state index contributed by atoms with van der Waals surface area (Å²) >= 11 is 0. The summed E-state index contributed by atoms with van der Waals surface area (Å²) in [5, 5.41) is 0. The Labute approximate surface area is 151 Å². The zero-order valence-electron chi connectivity index (χ0n) is 14.2. The number of sulfonamides is 1. The summed E-state index contributed by atoms with van der Waals surface area (Å²) in [5.41, 5.74) is 6.99. The van der Waals surface area contributed by atoms with Gasteiger partial charge in [-0.15, -0.1) is 0 Å². The Kier molecular flexibility index (Phi) is 4.69. The molecular weight excluding hydrogens is 354 g/mol. The molecule has 0 bridgehead atoms. The first-order chi connectivity index (χ1) is 12.3. The molecule has 1 aliphatic rings. The van der Waals surface area contributed by atoms with Crippen LogP contribution in [0.2, 0.25) is 0 Å². The lowest BCUT2D eigenvalue weighted by atomic mass is 10.1. The Balaban J connectivity index is 1.86. The van der Waals surface area contributed by atoms with Crippen molar-refractivity contribution in [1.29, 1.82) is 0 Å². The van der Waals surface area contributed by atoms with Gasteiger partial charge in [-0.1, -0.05) is 6.07 Å². The van der Waals surface area contributed by atoms with E-state index in [0.29, 0.717) is 29.9 Å².